The first kappa shape index (κ1) is 26.0. The van der Waals surface area contributed by atoms with Gasteiger partial charge in [-0.3, -0.25) is 14.8 Å². The van der Waals surface area contributed by atoms with Crippen LogP contribution in [0.2, 0.25) is 0 Å². The van der Waals surface area contributed by atoms with Gasteiger partial charge in [0.1, 0.15) is 6.10 Å². The summed E-state index contributed by atoms with van der Waals surface area (Å²) in [6, 6.07) is 5.19. The van der Waals surface area contributed by atoms with Crippen molar-refractivity contribution in [2.24, 2.45) is 11.8 Å². The van der Waals surface area contributed by atoms with Gasteiger partial charge in [-0.25, -0.2) is 13.8 Å². The Bertz CT molecular complexity index is 1360. The van der Waals surface area contributed by atoms with Crippen LogP contribution < -0.4 is 9.47 Å². The second-order valence-electron chi connectivity index (χ2n) is 9.94. The van der Waals surface area contributed by atoms with Crippen molar-refractivity contribution >= 4 is 5.97 Å². The first-order chi connectivity index (χ1) is 18.3. The number of hydrogen-bond donors (Lipinski definition) is 0. The molecule has 5 rings (SSSR count). The Morgan fingerprint density at radius 1 is 1.18 bits per heavy atom. The normalized spacial score (nSPS) is 18.2. The molecule has 0 amide bonds. The van der Waals surface area contributed by atoms with Gasteiger partial charge in [0.15, 0.2) is 17.4 Å². The predicted molar refractivity (Wildman–Crippen MR) is 136 cm³/mol. The number of hydrogen-bond acceptors (Lipinski definition) is 7. The maximum absolute atomic E-state index is 15.9. The van der Waals surface area contributed by atoms with Crippen molar-refractivity contribution < 1.29 is 27.8 Å². The molecule has 0 radical (unpaired) electrons. The summed E-state index contributed by atoms with van der Waals surface area (Å²) in [5.74, 6) is -1.28. The number of rotatable bonds is 8. The van der Waals surface area contributed by atoms with Crippen LogP contribution in [0.25, 0.3) is 11.3 Å². The van der Waals surface area contributed by atoms with Crippen LogP contribution in [0.5, 0.6) is 11.6 Å². The molecular weight excluding hydrogens is 492 g/mol. The number of benzene rings is 1. The molecule has 0 spiro atoms. The van der Waals surface area contributed by atoms with Crippen molar-refractivity contribution in [2.75, 3.05) is 13.7 Å². The Morgan fingerprint density at radius 2 is 1.97 bits per heavy atom. The molecule has 2 aliphatic rings. The second-order valence-corrected chi connectivity index (χ2v) is 9.94. The molecule has 1 unspecified atom stereocenters. The van der Waals surface area contributed by atoms with Gasteiger partial charge in [0, 0.05) is 17.5 Å². The van der Waals surface area contributed by atoms with Gasteiger partial charge < -0.3 is 14.2 Å². The molecule has 0 bridgehead atoms. The van der Waals surface area contributed by atoms with E-state index in [2.05, 4.69) is 15.0 Å². The van der Waals surface area contributed by atoms with Crippen LogP contribution >= 0.6 is 0 Å². The minimum absolute atomic E-state index is 0.200. The van der Waals surface area contributed by atoms with Crippen molar-refractivity contribution in [3.8, 4) is 22.9 Å². The topological polar surface area (TPSA) is 83.4 Å². The fourth-order valence-corrected chi connectivity index (χ4v) is 5.36. The van der Waals surface area contributed by atoms with Crippen LogP contribution in [0, 0.1) is 30.4 Å². The van der Waals surface area contributed by atoms with E-state index in [1.54, 1.807) is 26.1 Å². The molecule has 1 fully saturated rings. The van der Waals surface area contributed by atoms with E-state index in [-0.39, 0.29) is 29.1 Å². The summed E-state index contributed by atoms with van der Waals surface area (Å²) < 4.78 is 47.0. The van der Waals surface area contributed by atoms with Crippen LogP contribution in [0.1, 0.15) is 67.6 Å². The number of methoxy groups -OCH3 is 1. The number of pyridine rings is 1. The average Bonchev–Trinajstić information content (AvgIpc) is 3.76. The lowest BCUT2D eigenvalue weighted by Gasteiger charge is -2.29. The maximum Gasteiger partial charge on any atom is 0.309 e. The molecule has 0 saturated heterocycles. The Morgan fingerprint density at radius 3 is 2.66 bits per heavy atom. The van der Waals surface area contributed by atoms with Gasteiger partial charge in [-0.15, -0.1) is 0 Å². The number of esters is 1. The zero-order valence-corrected chi connectivity index (χ0v) is 22.0. The van der Waals surface area contributed by atoms with Gasteiger partial charge in [-0.2, -0.15) is 0 Å². The lowest BCUT2D eigenvalue weighted by Crippen LogP contribution is -2.24. The number of carbonyl (C=O) groups is 1. The van der Waals surface area contributed by atoms with Crippen molar-refractivity contribution in [1.29, 1.82) is 0 Å². The van der Waals surface area contributed by atoms with Gasteiger partial charge in [-0.1, -0.05) is 19.1 Å². The zero-order valence-electron chi connectivity index (χ0n) is 22.0. The van der Waals surface area contributed by atoms with Crippen LogP contribution in [-0.2, 0) is 16.0 Å². The molecule has 9 heteroatoms. The van der Waals surface area contributed by atoms with Gasteiger partial charge in [0.05, 0.1) is 49.1 Å². The SMILES string of the molecule is CCOc1cc(-c2ncc(C3CCc4ccc([C@H](C5CC5)[C@H](C)C(=O)OC)c(F)c4O3)nc2C)c(F)cn1. The molecule has 3 heterocycles. The highest BCUT2D eigenvalue weighted by Gasteiger charge is 2.41. The summed E-state index contributed by atoms with van der Waals surface area (Å²) >= 11 is 0. The van der Waals surface area contributed by atoms with Crippen molar-refractivity contribution in [3.63, 3.8) is 0 Å². The third-order valence-electron chi connectivity index (χ3n) is 7.42. The van der Waals surface area contributed by atoms with Gasteiger partial charge >= 0.3 is 5.97 Å². The smallest absolute Gasteiger partial charge is 0.309 e. The van der Waals surface area contributed by atoms with Gasteiger partial charge in [0.2, 0.25) is 5.88 Å². The quantitative estimate of drug-likeness (QED) is 0.340. The molecular formula is C29H31F2N3O4. The number of ether oxygens (including phenoxy) is 3. The van der Waals surface area contributed by atoms with E-state index in [0.717, 1.165) is 24.6 Å². The summed E-state index contributed by atoms with van der Waals surface area (Å²) in [7, 11) is 1.36. The minimum atomic E-state index is -0.526. The fraction of sp³-hybridized carbons (Fsp3) is 0.448. The average molecular weight is 524 g/mol. The summed E-state index contributed by atoms with van der Waals surface area (Å²) in [5, 5.41) is 0. The first-order valence-electron chi connectivity index (χ1n) is 13.0. The van der Waals surface area contributed by atoms with E-state index in [1.165, 1.54) is 13.2 Å². The highest BCUT2D eigenvalue weighted by Crippen LogP contribution is 2.49. The molecule has 2 aromatic heterocycles. The maximum atomic E-state index is 15.9. The summed E-state index contributed by atoms with van der Waals surface area (Å²) in [4.78, 5) is 25.4. The lowest BCUT2D eigenvalue weighted by atomic mass is 9.82. The highest BCUT2D eigenvalue weighted by atomic mass is 19.1. The number of nitrogens with zero attached hydrogens (tertiary/aromatic N) is 3. The van der Waals surface area contributed by atoms with Crippen LogP contribution in [0.4, 0.5) is 8.78 Å². The highest BCUT2D eigenvalue weighted by molar-refractivity contribution is 5.73. The van der Waals surface area contributed by atoms with E-state index in [1.807, 2.05) is 13.0 Å². The molecule has 38 heavy (non-hydrogen) atoms. The van der Waals surface area contributed by atoms with E-state index < -0.39 is 23.7 Å². The van der Waals surface area contributed by atoms with Crippen LogP contribution in [0.15, 0.2) is 30.6 Å². The fourth-order valence-electron chi connectivity index (χ4n) is 5.36. The largest absolute Gasteiger partial charge is 0.481 e. The summed E-state index contributed by atoms with van der Waals surface area (Å²) in [5.41, 5.74) is 2.95. The van der Waals surface area contributed by atoms with E-state index in [9.17, 15) is 9.18 Å². The number of aryl methyl sites for hydroxylation is 2. The van der Waals surface area contributed by atoms with E-state index in [4.69, 9.17) is 14.2 Å². The zero-order chi connectivity index (χ0) is 27.0. The Labute approximate surface area is 220 Å². The summed E-state index contributed by atoms with van der Waals surface area (Å²) in [6.07, 6.45) is 5.26. The number of aromatic nitrogens is 3. The van der Waals surface area contributed by atoms with Gasteiger partial charge in [0.25, 0.3) is 0 Å². The lowest BCUT2D eigenvalue weighted by molar-refractivity contribution is -0.145. The molecule has 1 aliphatic heterocycles. The molecule has 3 atom stereocenters. The molecule has 7 nitrogen and oxygen atoms in total. The number of fused-ring (bicyclic) bond motifs is 1. The molecule has 1 aromatic carbocycles. The Hall–Kier alpha value is -3.62. The van der Waals surface area contributed by atoms with Crippen molar-refractivity contribution in [2.45, 2.75) is 58.5 Å². The van der Waals surface area contributed by atoms with Crippen LogP contribution in [-0.4, -0.2) is 34.6 Å². The molecule has 1 aliphatic carbocycles. The number of carbonyl (C=O) groups excluding carboxylic acids is 1. The third-order valence-corrected chi connectivity index (χ3v) is 7.42. The minimum Gasteiger partial charge on any atom is -0.481 e. The monoisotopic (exact) mass is 523 g/mol. The standard InChI is InChI=1S/C29H31F2N3O4/c1-5-37-24-12-20(21(30)13-32-24)27-16(3)34-22(14-33-27)23-11-9-18-8-10-19(26(31)28(18)38-23)25(17-6-7-17)15(2)29(35)36-4/h8,10,12-15,17,23,25H,5-7,9,11H2,1-4H3/t15-,23?,25-/m0/s1. The van der Waals surface area contributed by atoms with E-state index >= 15 is 4.39 Å². The van der Waals surface area contributed by atoms with E-state index in [0.29, 0.717) is 48.0 Å². The third kappa shape index (κ3) is 4.93. The Balaban J connectivity index is 1.43. The predicted octanol–water partition coefficient (Wildman–Crippen LogP) is 5.89. The van der Waals surface area contributed by atoms with Gasteiger partial charge in [-0.05, 0) is 56.6 Å². The van der Waals surface area contributed by atoms with Crippen molar-refractivity contribution in [3.05, 3.63) is 64.7 Å². The molecule has 200 valence electrons. The van der Waals surface area contributed by atoms with Crippen LogP contribution in [0.3, 0.4) is 0 Å². The molecule has 3 aromatic rings. The first-order valence-corrected chi connectivity index (χ1v) is 13.0. The van der Waals surface area contributed by atoms with Crippen molar-refractivity contribution in [1.82, 2.24) is 15.0 Å². The Kier molecular flexibility index (Phi) is 7.27. The summed E-state index contributed by atoms with van der Waals surface area (Å²) in [6.45, 7) is 5.77. The second kappa shape index (κ2) is 10.6. The number of halogens is 2. The molecule has 1 saturated carbocycles. The molecule has 0 N–H and O–H groups in total.